The molecular weight excluding hydrogens is 178 g/mol. The Hall–Kier alpha value is -1.36. The molecule has 0 fully saturated rings. The van der Waals surface area contributed by atoms with Gasteiger partial charge in [-0.25, -0.2) is 10.8 Å². The number of nitrogens with one attached hydrogen (secondary N) is 2. The van der Waals surface area contributed by atoms with Crippen LogP contribution in [0.2, 0.25) is 0 Å². The summed E-state index contributed by atoms with van der Waals surface area (Å²) in [5.41, 5.74) is 2.41. The van der Waals surface area contributed by atoms with Gasteiger partial charge in [-0.1, -0.05) is 13.8 Å². The minimum atomic E-state index is 0.431. The van der Waals surface area contributed by atoms with Crippen LogP contribution < -0.4 is 16.6 Å². The fraction of sp³-hybridized carbons (Fsp3) is 0.556. The van der Waals surface area contributed by atoms with Gasteiger partial charge in [0.1, 0.15) is 5.82 Å². The summed E-state index contributed by atoms with van der Waals surface area (Å²) < 4.78 is 0. The number of nitrogens with zero attached hydrogens (tertiary/aromatic N) is 2. The Labute approximate surface area is 84.1 Å². The zero-order chi connectivity index (χ0) is 10.4. The van der Waals surface area contributed by atoms with E-state index < -0.39 is 0 Å². The van der Waals surface area contributed by atoms with Crippen molar-refractivity contribution in [2.45, 2.75) is 32.7 Å². The molecule has 0 spiro atoms. The second-order valence-corrected chi connectivity index (χ2v) is 3.07. The van der Waals surface area contributed by atoms with Gasteiger partial charge in [0.05, 0.1) is 0 Å². The molecular formula is C9H17N5. The standard InChI is InChI=1S/C9H17N5/c1-3-7(4-2)12-8-5-6-11-9(13-8)14-10/h5-7H,3-4,10H2,1-2H3,(H2,11,12,13,14). The van der Waals surface area contributed by atoms with Gasteiger partial charge in [0.25, 0.3) is 0 Å². The Bertz CT molecular complexity index is 272. The lowest BCUT2D eigenvalue weighted by atomic mass is 10.2. The minimum Gasteiger partial charge on any atom is -0.367 e. The minimum absolute atomic E-state index is 0.431. The van der Waals surface area contributed by atoms with Crippen molar-refractivity contribution in [3.05, 3.63) is 12.3 Å². The van der Waals surface area contributed by atoms with Crippen LogP contribution in [0.25, 0.3) is 0 Å². The topological polar surface area (TPSA) is 75.9 Å². The molecule has 0 amide bonds. The van der Waals surface area contributed by atoms with Crippen LogP contribution in [-0.2, 0) is 0 Å². The molecule has 0 bridgehead atoms. The first-order valence-corrected chi connectivity index (χ1v) is 4.86. The van der Waals surface area contributed by atoms with Crippen molar-refractivity contribution in [3.8, 4) is 0 Å². The molecule has 78 valence electrons. The summed E-state index contributed by atoms with van der Waals surface area (Å²) in [4.78, 5) is 8.10. The zero-order valence-corrected chi connectivity index (χ0v) is 8.62. The van der Waals surface area contributed by atoms with Crippen LogP contribution in [0.4, 0.5) is 11.8 Å². The summed E-state index contributed by atoms with van der Waals surface area (Å²) in [7, 11) is 0. The predicted octanol–water partition coefficient (Wildman–Crippen LogP) is 1.36. The number of rotatable bonds is 5. The maximum Gasteiger partial charge on any atom is 0.239 e. The van der Waals surface area contributed by atoms with E-state index >= 15 is 0 Å². The average Bonchev–Trinajstić information content (AvgIpc) is 2.26. The summed E-state index contributed by atoms with van der Waals surface area (Å²) in [6.45, 7) is 4.29. The lowest BCUT2D eigenvalue weighted by Gasteiger charge is -2.15. The Morgan fingerprint density at radius 3 is 2.71 bits per heavy atom. The molecule has 1 aromatic heterocycles. The highest BCUT2D eigenvalue weighted by Crippen LogP contribution is 2.09. The largest absolute Gasteiger partial charge is 0.367 e. The molecule has 1 rings (SSSR count). The summed E-state index contributed by atoms with van der Waals surface area (Å²) in [6, 6.07) is 2.29. The van der Waals surface area contributed by atoms with Crippen molar-refractivity contribution < 1.29 is 0 Å². The molecule has 4 N–H and O–H groups in total. The van der Waals surface area contributed by atoms with Crippen LogP contribution >= 0.6 is 0 Å². The highest BCUT2D eigenvalue weighted by Gasteiger charge is 2.04. The summed E-state index contributed by atoms with van der Waals surface area (Å²) in [5.74, 6) is 6.45. The third-order valence-corrected chi connectivity index (χ3v) is 2.12. The summed E-state index contributed by atoms with van der Waals surface area (Å²) in [6.07, 6.45) is 3.82. The summed E-state index contributed by atoms with van der Waals surface area (Å²) in [5, 5.41) is 3.31. The number of hydrogen-bond donors (Lipinski definition) is 3. The highest BCUT2D eigenvalue weighted by molar-refractivity contribution is 5.39. The second-order valence-electron chi connectivity index (χ2n) is 3.07. The first-order chi connectivity index (χ1) is 6.80. The molecule has 0 saturated heterocycles. The fourth-order valence-corrected chi connectivity index (χ4v) is 1.21. The van der Waals surface area contributed by atoms with Gasteiger partial charge in [0, 0.05) is 12.2 Å². The van der Waals surface area contributed by atoms with Gasteiger partial charge in [-0.15, -0.1) is 0 Å². The highest BCUT2D eigenvalue weighted by atomic mass is 15.3. The third-order valence-electron chi connectivity index (χ3n) is 2.12. The lowest BCUT2D eigenvalue weighted by Crippen LogP contribution is -2.19. The molecule has 5 heteroatoms. The van der Waals surface area contributed by atoms with E-state index in [0.29, 0.717) is 12.0 Å². The zero-order valence-electron chi connectivity index (χ0n) is 8.62. The van der Waals surface area contributed by atoms with Gasteiger partial charge in [-0.2, -0.15) is 4.98 Å². The normalized spacial score (nSPS) is 10.3. The number of nitrogen functional groups attached to an aromatic ring is 1. The van der Waals surface area contributed by atoms with Crippen molar-refractivity contribution >= 4 is 11.8 Å². The van der Waals surface area contributed by atoms with E-state index in [1.54, 1.807) is 6.20 Å². The Morgan fingerprint density at radius 1 is 1.43 bits per heavy atom. The molecule has 0 atom stereocenters. The monoisotopic (exact) mass is 195 g/mol. The molecule has 5 nitrogen and oxygen atoms in total. The maximum atomic E-state index is 5.21. The van der Waals surface area contributed by atoms with Crippen molar-refractivity contribution in [2.24, 2.45) is 5.84 Å². The van der Waals surface area contributed by atoms with Gasteiger partial charge >= 0.3 is 0 Å². The molecule has 1 aromatic rings. The van der Waals surface area contributed by atoms with Crippen molar-refractivity contribution in [3.63, 3.8) is 0 Å². The number of nitrogens with two attached hydrogens (primary N) is 1. The molecule has 0 aliphatic carbocycles. The number of anilines is 2. The molecule has 0 aliphatic rings. The van der Waals surface area contributed by atoms with E-state index in [4.69, 9.17) is 5.84 Å². The predicted molar refractivity (Wildman–Crippen MR) is 57.8 cm³/mol. The third kappa shape index (κ3) is 2.85. The molecule has 14 heavy (non-hydrogen) atoms. The molecule has 0 aromatic carbocycles. The quantitative estimate of drug-likeness (QED) is 0.488. The van der Waals surface area contributed by atoms with E-state index in [1.807, 2.05) is 6.07 Å². The van der Waals surface area contributed by atoms with Crippen LogP contribution in [0.3, 0.4) is 0 Å². The van der Waals surface area contributed by atoms with E-state index in [9.17, 15) is 0 Å². The molecule has 1 heterocycles. The van der Waals surface area contributed by atoms with Crippen LogP contribution in [0, 0.1) is 0 Å². The Morgan fingerprint density at radius 2 is 2.14 bits per heavy atom. The SMILES string of the molecule is CCC(CC)Nc1ccnc(NN)n1. The number of aromatic nitrogens is 2. The van der Waals surface area contributed by atoms with E-state index in [2.05, 4.69) is 34.6 Å². The number of hydrogen-bond acceptors (Lipinski definition) is 5. The maximum absolute atomic E-state index is 5.21. The van der Waals surface area contributed by atoms with Crippen molar-refractivity contribution in [1.82, 2.24) is 9.97 Å². The lowest BCUT2D eigenvalue weighted by molar-refractivity contribution is 0.668. The molecule has 0 saturated carbocycles. The van der Waals surface area contributed by atoms with E-state index in [1.165, 1.54) is 0 Å². The van der Waals surface area contributed by atoms with Gasteiger partial charge in [0.2, 0.25) is 5.95 Å². The Kier molecular flexibility index (Phi) is 4.12. The van der Waals surface area contributed by atoms with E-state index in [0.717, 1.165) is 18.7 Å². The van der Waals surface area contributed by atoms with Crippen LogP contribution in [-0.4, -0.2) is 16.0 Å². The van der Waals surface area contributed by atoms with Crippen LogP contribution in [0.5, 0.6) is 0 Å². The van der Waals surface area contributed by atoms with Gasteiger partial charge in [0.15, 0.2) is 0 Å². The first kappa shape index (κ1) is 10.7. The van der Waals surface area contributed by atoms with Gasteiger partial charge in [-0.3, -0.25) is 5.43 Å². The van der Waals surface area contributed by atoms with Crippen LogP contribution in [0.15, 0.2) is 12.3 Å². The van der Waals surface area contributed by atoms with Crippen LogP contribution in [0.1, 0.15) is 26.7 Å². The van der Waals surface area contributed by atoms with Gasteiger partial charge in [-0.05, 0) is 18.9 Å². The summed E-state index contributed by atoms with van der Waals surface area (Å²) >= 11 is 0. The van der Waals surface area contributed by atoms with Crippen molar-refractivity contribution in [1.29, 1.82) is 0 Å². The fourth-order valence-electron chi connectivity index (χ4n) is 1.21. The van der Waals surface area contributed by atoms with E-state index in [-0.39, 0.29) is 0 Å². The Balaban J connectivity index is 2.65. The molecule has 0 radical (unpaired) electrons. The first-order valence-electron chi connectivity index (χ1n) is 4.86. The second kappa shape index (κ2) is 5.39. The van der Waals surface area contributed by atoms with Crippen molar-refractivity contribution in [2.75, 3.05) is 10.7 Å². The molecule has 0 unspecified atom stereocenters. The number of hydrazine groups is 1. The van der Waals surface area contributed by atoms with Gasteiger partial charge < -0.3 is 5.32 Å². The molecule has 0 aliphatic heterocycles. The smallest absolute Gasteiger partial charge is 0.239 e. The average molecular weight is 195 g/mol.